The fraction of sp³-hybridized carbons (Fsp3) is 0.455. The fourth-order valence-corrected chi connectivity index (χ4v) is 6.02. The van der Waals surface area contributed by atoms with E-state index >= 15 is 0 Å². The Kier molecular flexibility index (Phi) is 6.14. The highest BCUT2D eigenvalue weighted by Gasteiger charge is 2.38. The lowest BCUT2D eigenvalue weighted by molar-refractivity contribution is 0.0670. The van der Waals surface area contributed by atoms with E-state index in [-0.39, 0.29) is 27.9 Å². The third-order valence-corrected chi connectivity index (χ3v) is 8.20. The van der Waals surface area contributed by atoms with Crippen LogP contribution in [-0.2, 0) is 10.0 Å². The molecule has 1 aliphatic heterocycles. The Morgan fingerprint density at radius 2 is 1.90 bits per heavy atom. The standard InChI is InChI=1S/C22H26ClN3O3S/c1-16(20-7-3-4-12-24-20)26(18-9-10-18)22(27)17-8-11-19(23)21(15-17)30(28,29)25-13-5-2-6-14-25/h3-4,7-8,11-12,15-16,18H,2,5-6,9-10,13-14H2,1H3. The summed E-state index contributed by atoms with van der Waals surface area (Å²) in [6.45, 7) is 2.93. The molecule has 4 rings (SSSR count). The number of hydrogen-bond donors (Lipinski definition) is 0. The Morgan fingerprint density at radius 3 is 2.53 bits per heavy atom. The number of sulfonamides is 1. The normalized spacial score (nSPS) is 18.7. The monoisotopic (exact) mass is 447 g/mol. The number of carbonyl (C=O) groups is 1. The summed E-state index contributed by atoms with van der Waals surface area (Å²) < 4.78 is 27.8. The van der Waals surface area contributed by atoms with Gasteiger partial charge in [-0.15, -0.1) is 0 Å². The van der Waals surface area contributed by atoms with Crippen LogP contribution < -0.4 is 0 Å². The maximum atomic E-state index is 13.5. The van der Waals surface area contributed by atoms with Gasteiger partial charge in [-0.1, -0.05) is 24.1 Å². The van der Waals surface area contributed by atoms with Crippen LogP contribution in [0.25, 0.3) is 0 Å². The minimum Gasteiger partial charge on any atom is -0.327 e. The molecule has 1 atom stereocenters. The van der Waals surface area contributed by atoms with E-state index in [0.717, 1.165) is 37.8 Å². The van der Waals surface area contributed by atoms with Gasteiger partial charge in [0.25, 0.3) is 5.91 Å². The van der Waals surface area contributed by atoms with Gasteiger partial charge in [0.05, 0.1) is 16.8 Å². The Labute approximate surface area is 182 Å². The van der Waals surface area contributed by atoms with Crippen LogP contribution in [-0.4, -0.2) is 47.6 Å². The van der Waals surface area contributed by atoms with Crippen LogP contribution >= 0.6 is 11.6 Å². The highest BCUT2D eigenvalue weighted by Crippen LogP contribution is 2.36. The molecule has 30 heavy (non-hydrogen) atoms. The van der Waals surface area contributed by atoms with Crippen molar-refractivity contribution in [2.45, 2.75) is 56.0 Å². The summed E-state index contributed by atoms with van der Waals surface area (Å²) in [5, 5.41) is 0.146. The molecule has 0 radical (unpaired) electrons. The predicted molar refractivity (Wildman–Crippen MR) is 116 cm³/mol. The van der Waals surface area contributed by atoms with Gasteiger partial charge in [-0.3, -0.25) is 9.78 Å². The summed E-state index contributed by atoms with van der Waals surface area (Å²) in [7, 11) is -3.73. The minimum atomic E-state index is -3.73. The average molecular weight is 448 g/mol. The zero-order valence-electron chi connectivity index (χ0n) is 17.0. The smallest absolute Gasteiger partial charge is 0.254 e. The number of amides is 1. The van der Waals surface area contributed by atoms with E-state index in [1.54, 1.807) is 12.3 Å². The first-order chi connectivity index (χ1) is 14.4. The van der Waals surface area contributed by atoms with Crippen molar-refractivity contribution in [3.63, 3.8) is 0 Å². The molecule has 1 saturated carbocycles. The van der Waals surface area contributed by atoms with E-state index in [2.05, 4.69) is 4.98 Å². The van der Waals surface area contributed by atoms with Crippen LogP contribution in [0.15, 0.2) is 47.5 Å². The summed E-state index contributed by atoms with van der Waals surface area (Å²) in [6, 6.07) is 10.2. The Morgan fingerprint density at radius 1 is 1.17 bits per heavy atom. The first kappa shape index (κ1) is 21.3. The largest absolute Gasteiger partial charge is 0.327 e. The van der Waals surface area contributed by atoms with Crippen molar-refractivity contribution in [3.05, 3.63) is 58.9 Å². The van der Waals surface area contributed by atoms with Crippen molar-refractivity contribution in [2.75, 3.05) is 13.1 Å². The molecule has 1 aromatic carbocycles. The molecule has 1 aromatic heterocycles. The number of halogens is 1. The van der Waals surface area contributed by atoms with Crippen molar-refractivity contribution < 1.29 is 13.2 Å². The lowest BCUT2D eigenvalue weighted by Gasteiger charge is -2.30. The summed E-state index contributed by atoms with van der Waals surface area (Å²) in [4.78, 5) is 19.7. The second kappa shape index (κ2) is 8.65. The lowest BCUT2D eigenvalue weighted by atomic mass is 10.1. The molecule has 1 unspecified atom stereocenters. The van der Waals surface area contributed by atoms with Gasteiger partial charge in [0.15, 0.2) is 0 Å². The number of nitrogens with zero attached hydrogens (tertiary/aromatic N) is 3. The molecule has 1 saturated heterocycles. The fourth-order valence-electron chi connectivity index (χ4n) is 4.00. The molecule has 0 spiro atoms. The SMILES string of the molecule is CC(c1ccccn1)N(C(=O)c1ccc(Cl)c(S(=O)(=O)N2CCCCC2)c1)C1CC1. The second-order valence-electron chi connectivity index (χ2n) is 7.98. The molecule has 0 N–H and O–H groups in total. The lowest BCUT2D eigenvalue weighted by Crippen LogP contribution is -2.37. The molecule has 1 amide bonds. The van der Waals surface area contributed by atoms with Gasteiger partial charge in [0.1, 0.15) is 4.90 Å². The summed E-state index contributed by atoms with van der Waals surface area (Å²) in [5.41, 5.74) is 1.15. The summed E-state index contributed by atoms with van der Waals surface area (Å²) in [6.07, 6.45) is 6.30. The van der Waals surface area contributed by atoms with Gasteiger partial charge < -0.3 is 4.90 Å². The van der Waals surface area contributed by atoms with E-state index in [9.17, 15) is 13.2 Å². The van der Waals surface area contributed by atoms with Crippen LogP contribution in [0.5, 0.6) is 0 Å². The number of aromatic nitrogens is 1. The van der Waals surface area contributed by atoms with Crippen molar-refractivity contribution in [3.8, 4) is 0 Å². The van der Waals surface area contributed by atoms with Gasteiger partial charge in [-0.2, -0.15) is 4.31 Å². The van der Waals surface area contributed by atoms with Crippen LogP contribution in [0.4, 0.5) is 0 Å². The van der Waals surface area contributed by atoms with Gasteiger partial charge in [0.2, 0.25) is 10.0 Å². The van der Waals surface area contributed by atoms with E-state index in [4.69, 9.17) is 11.6 Å². The maximum Gasteiger partial charge on any atom is 0.254 e. The minimum absolute atomic E-state index is 0.0122. The molecule has 2 aromatic rings. The van der Waals surface area contributed by atoms with Crippen molar-refractivity contribution in [2.24, 2.45) is 0 Å². The topological polar surface area (TPSA) is 70.6 Å². The summed E-state index contributed by atoms with van der Waals surface area (Å²) in [5.74, 6) is -0.192. The first-order valence-corrected chi connectivity index (χ1v) is 12.2. The van der Waals surface area contributed by atoms with E-state index in [1.807, 2.05) is 30.0 Å². The molecule has 8 heteroatoms. The number of benzene rings is 1. The second-order valence-corrected chi connectivity index (χ2v) is 10.3. The van der Waals surface area contributed by atoms with Crippen molar-refractivity contribution >= 4 is 27.5 Å². The van der Waals surface area contributed by atoms with Gasteiger partial charge in [0, 0.05) is 30.9 Å². The molecular formula is C22H26ClN3O3S. The van der Waals surface area contributed by atoms with Gasteiger partial charge >= 0.3 is 0 Å². The molecule has 2 fully saturated rings. The van der Waals surface area contributed by atoms with Crippen molar-refractivity contribution in [1.82, 2.24) is 14.2 Å². The molecule has 1 aliphatic carbocycles. The zero-order chi connectivity index (χ0) is 21.3. The van der Waals surface area contributed by atoms with E-state index in [1.165, 1.54) is 16.4 Å². The number of carbonyl (C=O) groups excluding carboxylic acids is 1. The number of pyridine rings is 1. The Bertz CT molecular complexity index is 1020. The summed E-state index contributed by atoms with van der Waals surface area (Å²) >= 11 is 6.28. The third kappa shape index (κ3) is 4.24. The van der Waals surface area contributed by atoms with E-state index < -0.39 is 10.0 Å². The first-order valence-electron chi connectivity index (χ1n) is 10.4. The zero-order valence-corrected chi connectivity index (χ0v) is 18.6. The Balaban J connectivity index is 1.66. The van der Waals surface area contributed by atoms with Crippen LogP contribution in [0.1, 0.15) is 61.1 Å². The number of hydrogen-bond acceptors (Lipinski definition) is 4. The molecule has 0 bridgehead atoms. The molecule has 6 nitrogen and oxygen atoms in total. The van der Waals surface area contributed by atoms with Crippen LogP contribution in [0.2, 0.25) is 5.02 Å². The van der Waals surface area contributed by atoms with E-state index in [0.29, 0.717) is 18.7 Å². The molecule has 2 heterocycles. The van der Waals surface area contributed by atoms with Crippen molar-refractivity contribution in [1.29, 1.82) is 0 Å². The number of piperidine rings is 1. The predicted octanol–water partition coefficient (Wildman–Crippen LogP) is 4.28. The van der Waals surface area contributed by atoms with Crippen LogP contribution in [0, 0.1) is 0 Å². The van der Waals surface area contributed by atoms with Gasteiger partial charge in [-0.05, 0) is 62.9 Å². The van der Waals surface area contributed by atoms with Gasteiger partial charge in [-0.25, -0.2) is 8.42 Å². The molecular weight excluding hydrogens is 422 g/mol. The third-order valence-electron chi connectivity index (χ3n) is 5.82. The highest BCUT2D eigenvalue weighted by atomic mass is 35.5. The maximum absolute atomic E-state index is 13.5. The highest BCUT2D eigenvalue weighted by molar-refractivity contribution is 7.89. The average Bonchev–Trinajstić information content (AvgIpc) is 3.60. The molecule has 2 aliphatic rings. The Hall–Kier alpha value is -1.96. The number of rotatable bonds is 6. The molecule has 160 valence electrons. The quantitative estimate of drug-likeness (QED) is 0.662. The van der Waals surface area contributed by atoms with Crippen LogP contribution in [0.3, 0.4) is 0 Å².